The fourth-order valence-corrected chi connectivity index (χ4v) is 11.0. The molecule has 0 aliphatic rings. The Kier molecular flexibility index (Phi) is 65.9. The zero-order valence-electron chi connectivity index (χ0n) is 52.7. The van der Waals surface area contributed by atoms with Crippen molar-refractivity contribution in [2.24, 2.45) is 0 Å². The van der Waals surface area contributed by atoms with Crippen molar-refractivity contribution in [3.05, 3.63) is 36.5 Å². The van der Waals surface area contributed by atoms with Crippen molar-refractivity contribution in [3.63, 3.8) is 0 Å². The number of carbonyl (C=O) groups excluding carboxylic acids is 2. The molecule has 6 nitrogen and oxygen atoms in total. The molecule has 0 bridgehead atoms. The molecule has 0 aromatic heterocycles. The lowest BCUT2D eigenvalue weighted by Gasteiger charge is -2.20. The Hall–Kier alpha value is -1.92. The monoisotopic (exact) mass is 1100 g/mol. The van der Waals surface area contributed by atoms with E-state index in [2.05, 4.69) is 43.5 Å². The number of amides is 1. The second kappa shape index (κ2) is 67.6. The molecule has 3 N–H and O–H groups in total. The highest BCUT2D eigenvalue weighted by Crippen LogP contribution is 2.18. The van der Waals surface area contributed by atoms with E-state index in [4.69, 9.17) is 4.74 Å². The number of carbonyl (C=O) groups is 2. The zero-order valence-corrected chi connectivity index (χ0v) is 52.7. The van der Waals surface area contributed by atoms with Crippen LogP contribution in [0.15, 0.2) is 36.5 Å². The largest absolute Gasteiger partial charge is 0.466 e. The normalized spacial score (nSPS) is 12.7. The third-order valence-corrected chi connectivity index (χ3v) is 16.4. The number of ether oxygens (including phenoxy) is 1. The maximum Gasteiger partial charge on any atom is 0.305 e. The number of aliphatic hydroxyl groups is 2. The molecule has 460 valence electrons. The van der Waals surface area contributed by atoms with Crippen LogP contribution in [0.3, 0.4) is 0 Å². The predicted octanol–water partition coefficient (Wildman–Crippen LogP) is 22.7. The first kappa shape index (κ1) is 76.1. The van der Waals surface area contributed by atoms with Gasteiger partial charge in [-0.25, -0.2) is 0 Å². The number of allylic oxidation sites excluding steroid dienone is 5. The van der Waals surface area contributed by atoms with Gasteiger partial charge in [0, 0.05) is 12.8 Å². The van der Waals surface area contributed by atoms with E-state index in [1.54, 1.807) is 6.08 Å². The molecule has 0 aliphatic heterocycles. The smallest absolute Gasteiger partial charge is 0.305 e. The number of nitrogens with one attached hydrogen (secondary N) is 1. The summed E-state index contributed by atoms with van der Waals surface area (Å²) in [6.07, 6.45) is 86.9. The topological polar surface area (TPSA) is 95.9 Å². The second-order valence-electron chi connectivity index (χ2n) is 24.2. The summed E-state index contributed by atoms with van der Waals surface area (Å²) >= 11 is 0. The van der Waals surface area contributed by atoms with E-state index in [-0.39, 0.29) is 18.5 Å². The minimum absolute atomic E-state index is 0.0122. The van der Waals surface area contributed by atoms with Gasteiger partial charge in [0.2, 0.25) is 5.91 Å². The van der Waals surface area contributed by atoms with Crippen LogP contribution in [0.25, 0.3) is 0 Å². The van der Waals surface area contributed by atoms with Gasteiger partial charge in [-0.2, -0.15) is 0 Å². The number of unbranched alkanes of at least 4 members (excludes halogenated alkanes) is 51. The van der Waals surface area contributed by atoms with Crippen LogP contribution in [0.4, 0.5) is 0 Å². The molecule has 78 heavy (non-hydrogen) atoms. The number of rotatable bonds is 66. The van der Waals surface area contributed by atoms with E-state index >= 15 is 0 Å². The lowest BCUT2D eigenvalue weighted by Crippen LogP contribution is -2.45. The van der Waals surface area contributed by atoms with Crippen molar-refractivity contribution in [2.45, 2.75) is 398 Å². The molecule has 0 fully saturated rings. The number of aliphatic hydroxyl groups excluding tert-OH is 2. The molecule has 2 atom stereocenters. The van der Waals surface area contributed by atoms with Crippen LogP contribution in [0.5, 0.6) is 0 Å². The molecule has 0 heterocycles. The first-order valence-corrected chi connectivity index (χ1v) is 35.3. The third kappa shape index (κ3) is 63.3. The van der Waals surface area contributed by atoms with Crippen LogP contribution in [0, 0.1) is 0 Å². The molecule has 6 heteroatoms. The molecule has 0 radical (unpaired) electrons. The predicted molar refractivity (Wildman–Crippen MR) is 343 cm³/mol. The Morgan fingerprint density at radius 2 is 0.603 bits per heavy atom. The van der Waals surface area contributed by atoms with Gasteiger partial charge in [-0.15, -0.1) is 0 Å². The lowest BCUT2D eigenvalue weighted by atomic mass is 10.0. The van der Waals surface area contributed by atoms with Crippen molar-refractivity contribution in [2.75, 3.05) is 13.2 Å². The number of esters is 1. The van der Waals surface area contributed by atoms with Crippen LogP contribution < -0.4 is 5.32 Å². The first-order valence-electron chi connectivity index (χ1n) is 35.3. The van der Waals surface area contributed by atoms with Crippen molar-refractivity contribution < 1.29 is 24.5 Å². The molecule has 0 saturated heterocycles. The molecule has 0 rings (SSSR count). The Bertz CT molecular complexity index is 1260. The van der Waals surface area contributed by atoms with Gasteiger partial charge in [-0.1, -0.05) is 326 Å². The van der Waals surface area contributed by atoms with Crippen molar-refractivity contribution >= 4 is 11.9 Å². The average molecular weight is 1100 g/mol. The molecule has 0 aliphatic carbocycles. The molecule has 1 amide bonds. The molecule has 0 saturated carbocycles. The quantitative estimate of drug-likeness (QED) is 0.0320. The average Bonchev–Trinajstić information content (AvgIpc) is 3.44. The van der Waals surface area contributed by atoms with Gasteiger partial charge in [0.05, 0.1) is 25.4 Å². The first-order chi connectivity index (χ1) is 38.5. The van der Waals surface area contributed by atoms with Crippen LogP contribution in [0.2, 0.25) is 0 Å². The fourth-order valence-electron chi connectivity index (χ4n) is 11.0. The van der Waals surface area contributed by atoms with Crippen molar-refractivity contribution in [1.29, 1.82) is 0 Å². The van der Waals surface area contributed by atoms with Gasteiger partial charge in [0.1, 0.15) is 0 Å². The molecule has 0 spiro atoms. The fraction of sp³-hybridized carbons (Fsp3) is 0.889. The minimum atomic E-state index is -0.839. The van der Waals surface area contributed by atoms with E-state index in [9.17, 15) is 19.8 Å². The molecule has 0 aromatic carbocycles. The highest BCUT2D eigenvalue weighted by atomic mass is 16.5. The van der Waals surface area contributed by atoms with E-state index in [1.165, 1.54) is 315 Å². The summed E-state index contributed by atoms with van der Waals surface area (Å²) in [6, 6.07) is -0.622. The summed E-state index contributed by atoms with van der Waals surface area (Å²) in [7, 11) is 0. The van der Waals surface area contributed by atoms with Gasteiger partial charge in [-0.05, 0) is 83.5 Å². The maximum atomic E-state index is 12.4. The summed E-state index contributed by atoms with van der Waals surface area (Å²) in [5, 5.41) is 23.0. The van der Waals surface area contributed by atoms with Crippen LogP contribution in [-0.2, 0) is 14.3 Å². The molecule has 2 unspecified atom stereocenters. The standard InChI is InChI=1S/C72H137NO5/c1-3-5-7-9-11-13-15-46-50-54-58-62-66-72(77)78-67-63-59-55-51-47-44-42-40-38-36-34-32-30-28-26-24-22-20-18-16-17-19-21-23-25-27-29-31-33-35-37-39-41-43-45-49-53-57-61-65-71(76)73-69(68-74)70(75)64-60-56-52-48-14-12-10-8-6-4-2/h11,13,16-17,60,64,69-70,74-75H,3-10,12,14-15,18-59,61-63,65-68H2,1-2H3,(H,73,76)/b13-11-,17-16-,64-60+. The highest BCUT2D eigenvalue weighted by molar-refractivity contribution is 5.76. The summed E-state index contributed by atoms with van der Waals surface area (Å²) in [5.74, 6) is -0.0520. The van der Waals surface area contributed by atoms with Gasteiger partial charge in [0.15, 0.2) is 0 Å². The lowest BCUT2D eigenvalue weighted by molar-refractivity contribution is -0.143. The number of hydrogen-bond donors (Lipinski definition) is 3. The Balaban J connectivity index is 3.31. The Morgan fingerprint density at radius 3 is 0.936 bits per heavy atom. The van der Waals surface area contributed by atoms with E-state index in [0.717, 1.165) is 44.9 Å². The Labute approximate surface area is 487 Å². The molecular weight excluding hydrogens is 959 g/mol. The van der Waals surface area contributed by atoms with Gasteiger partial charge >= 0.3 is 5.97 Å². The Morgan fingerprint density at radius 1 is 0.346 bits per heavy atom. The van der Waals surface area contributed by atoms with Crippen molar-refractivity contribution in [3.8, 4) is 0 Å². The summed E-state index contributed by atoms with van der Waals surface area (Å²) in [5.41, 5.74) is 0. The zero-order chi connectivity index (χ0) is 56.4. The van der Waals surface area contributed by atoms with E-state index in [0.29, 0.717) is 19.4 Å². The summed E-state index contributed by atoms with van der Waals surface area (Å²) in [6.45, 7) is 4.88. The van der Waals surface area contributed by atoms with Crippen molar-refractivity contribution in [1.82, 2.24) is 5.32 Å². The third-order valence-electron chi connectivity index (χ3n) is 16.4. The van der Waals surface area contributed by atoms with Crippen LogP contribution >= 0.6 is 0 Å². The SMILES string of the molecule is CCCCC/C=C\CCCCCCCC(=O)OCCCCCCCCCCCCCCCCCCCC/C=C\CCCCCCCCCCCCCCCCCCCC(=O)NC(CO)C(O)/C=C/CCCCCCCCCC. The van der Waals surface area contributed by atoms with Gasteiger partial charge in [0.25, 0.3) is 0 Å². The van der Waals surface area contributed by atoms with Crippen LogP contribution in [0.1, 0.15) is 386 Å². The van der Waals surface area contributed by atoms with Crippen LogP contribution in [-0.4, -0.2) is 47.4 Å². The van der Waals surface area contributed by atoms with Gasteiger partial charge in [-0.3, -0.25) is 9.59 Å². The molecule has 0 aromatic rings. The minimum Gasteiger partial charge on any atom is -0.466 e. The second-order valence-corrected chi connectivity index (χ2v) is 24.2. The maximum absolute atomic E-state index is 12.4. The summed E-state index contributed by atoms with van der Waals surface area (Å²) in [4.78, 5) is 24.4. The number of hydrogen-bond acceptors (Lipinski definition) is 5. The van der Waals surface area contributed by atoms with E-state index < -0.39 is 12.1 Å². The van der Waals surface area contributed by atoms with E-state index in [1.807, 2.05) is 6.08 Å². The molecular formula is C72H137NO5. The summed E-state index contributed by atoms with van der Waals surface area (Å²) < 4.78 is 5.48. The van der Waals surface area contributed by atoms with Gasteiger partial charge < -0.3 is 20.3 Å². The highest BCUT2D eigenvalue weighted by Gasteiger charge is 2.18.